The Kier molecular flexibility index (Phi) is 3.72. The van der Waals surface area contributed by atoms with Crippen LogP contribution in [0.3, 0.4) is 0 Å². The minimum atomic E-state index is -0.910. The molecule has 4 heteroatoms. The summed E-state index contributed by atoms with van der Waals surface area (Å²) in [6.07, 6.45) is 0.714. The highest BCUT2D eigenvalue weighted by Crippen LogP contribution is 2.25. The van der Waals surface area contributed by atoms with Gasteiger partial charge in [0.05, 0.1) is 10.6 Å². The molecule has 15 heavy (non-hydrogen) atoms. The number of ether oxygens (including phenoxy) is 1. The fraction of sp³-hybridized carbons (Fsp3) is 0.364. The number of hydrogen-bond acceptors (Lipinski definition) is 3. The van der Waals surface area contributed by atoms with Crippen LogP contribution >= 0.6 is 11.6 Å². The molecule has 0 spiro atoms. The van der Waals surface area contributed by atoms with E-state index in [4.69, 9.17) is 16.3 Å². The second-order valence-electron chi connectivity index (χ2n) is 3.91. The monoisotopic (exact) mass is 228 g/mol. The van der Waals surface area contributed by atoms with Crippen molar-refractivity contribution in [3.63, 3.8) is 0 Å². The van der Waals surface area contributed by atoms with Gasteiger partial charge in [0, 0.05) is 5.56 Å². The van der Waals surface area contributed by atoms with Gasteiger partial charge in [-0.1, -0.05) is 11.6 Å². The molecule has 0 aliphatic carbocycles. The summed E-state index contributed by atoms with van der Waals surface area (Å²) in [4.78, 5) is 10.4. The van der Waals surface area contributed by atoms with Crippen LogP contribution in [-0.4, -0.2) is 23.6 Å². The van der Waals surface area contributed by atoms with E-state index in [1.807, 2.05) is 0 Å². The lowest BCUT2D eigenvalue weighted by atomic mass is 10.2. The Hall–Kier alpha value is -1.06. The third-order valence-electron chi connectivity index (χ3n) is 1.67. The van der Waals surface area contributed by atoms with Crippen molar-refractivity contribution in [3.05, 3.63) is 28.8 Å². The van der Waals surface area contributed by atoms with Crippen molar-refractivity contribution >= 4 is 17.9 Å². The molecular formula is C11H13ClO3. The standard InChI is InChI=1S/C11H13ClO3/c1-11(2,14)7-15-10-4-3-8(6-13)5-9(10)12/h3-6,14H,7H2,1-2H3. The maximum atomic E-state index is 10.4. The molecule has 1 rings (SSSR count). The molecule has 0 saturated carbocycles. The van der Waals surface area contributed by atoms with Crippen molar-refractivity contribution in [2.24, 2.45) is 0 Å². The number of carbonyl (C=O) groups excluding carboxylic acids is 1. The number of aldehydes is 1. The summed E-state index contributed by atoms with van der Waals surface area (Å²) < 4.78 is 5.30. The third kappa shape index (κ3) is 3.90. The summed E-state index contributed by atoms with van der Waals surface area (Å²) >= 11 is 5.87. The molecule has 1 aromatic carbocycles. The van der Waals surface area contributed by atoms with Crippen molar-refractivity contribution < 1.29 is 14.6 Å². The van der Waals surface area contributed by atoms with Crippen LogP contribution in [0.1, 0.15) is 24.2 Å². The maximum absolute atomic E-state index is 10.4. The van der Waals surface area contributed by atoms with Gasteiger partial charge in [-0.25, -0.2) is 0 Å². The number of aliphatic hydroxyl groups is 1. The van der Waals surface area contributed by atoms with Crippen LogP contribution in [0.5, 0.6) is 5.75 Å². The lowest BCUT2D eigenvalue weighted by Gasteiger charge is -2.18. The molecule has 82 valence electrons. The van der Waals surface area contributed by atoms with Crippen molar-refractivity contribution in [1.82, 2.24) is 0 Å². The van der Waals surface area contributed by atoms with Crippen LogP contribution in [0, 0.1) is 0 Å². The Bertz CT molecular complexity index is 355. The van der Waals surface area contributed by atoms with Gasteiger partial charge in [0.15, 0.2) is 0 Å². The topological polar surface area (TPSA) is 46.5 Å². The van der Waals surface area contributed by atoms with E-state index in [1.165, 1.54) is 6.07 Å². The van der Waals surface area contributed by atoms with Gasteiger partial charge in [0.25, 0.3) is 0 Å². The summed E-state index contributed by atoms with van der Waals surface area (Å²) in [6.45, 7) is 3.43. The lowest BCUT2D eigenvalue weighted by molar-refractivity contribution is 0.0285. The van der Waals surface area contributed by atoms with E-state index in [0.29, 0.717) is 22.6 Å². The molecule has 0 aliphatic heterocycles. The van der Waals surface area contributed by atoms with Crippen LogP contribution in [0.15, 0.2) is 18.2 Å². The molecule has 0 saturated heterocycles. The summed E-state index contributed by atoms with van der Waals surface area (Å²) in [5.74, 6) is 0.462. The van der Waals surface area contributed by atoms with Gasteiger partial charge in [0.1, 0.15) is 18.6 Å². The number of halogens is 1. The van der Waals surface area contributed by atoms with Gasteiger partial charge in [-0.15, -0.1) is 0 Å². The first-order valence-corrected chi connectivity index (χ1v) is 4.90. The van der Waals surface area contributed by atoms with Crippen LogP contribution in [0.2, 0.25) is 5.02 Å². The summed E-state index contributed by atoms with van der Waals surface area (Å²) in [6, 6.07) is 4.74. The highest BCUT2D eigenvalue weighted by Gasteiger charge is 2.14. The van der Waals surface area contributed by atoms with Crippen molar-refractivity contribution in [3.8, 4) is 5.75 Å². The molecule has 0 unspecified atom stereocenters. The number of carbonyl (C=O) groups is 1. The molecule has 0 heterocycles. The molecule has 0 atom stereocenters. The predicted molar refractivity (Wildman–Crippen MR) is 58.6 cm³/mol. The van der Waals surface area contributed by atoms with E-state index in [-0.39, 0.29) is 6.61 Å². The summed E-state index contributed by atoms with van der Waals surface area (Å²) in [5, 5.41) is 9.81. The zero-order chi connectivity index (χ0) is 11.5. The second kappa shape index (κ2) is 4.64. The van der Waals surface area contributed by atoms with Gasteiger partial charge < -0.3 is 9.84 Å². The minimum absolute atomic E-state index is 0.146. The number of benzene rings is 1. The Balaban J connectivity index is 2.74. The molecule has 0 bridgehead atoms. The van der Waals surface area contributed by atoms with Crippen LogP contribution in [-0.2, 0) is 0 Å². The molecule has 0 aromatic heterocycles. The number of rotatable bonds is 4. The first-order chi connectivity index (χ1) is 6.92. The fourth-order valence-corrected chi connectivity index (χ4v) is 1.21. The first-order valence-electron chi connectivity index (χ1n) is 4.52. The molecule has 1 aromatic rings. The van der Waals surface area contributed by atoms with Crippen molar-refractivity contribution in [2.75, 3.05) is 6.61 Å². The highest BCUT2D eigenvalue weighted by atomic mass is 35.5. The zero-order valence-corrected chi connectivity index (χ0v) is 9.41. The molecule has 0 aliphatic rings. The lowest BCUT2D eigenvalue weighted by Crippen LogP contribution is -2.27. The summed E-state index contributed by atoms with van der Waals surface area (Å²) in [5.41, 5.74) is -0.414. The van der Waals surface area contributed by atoms with E-state index >= 15 is 0 Å². The molecule has 0 fully saturated rings. The Morgan fingerprint density at radius 3 is 2.67 bits per heavy atom. The molecule has 3 nitrogen and oxygen atoms in total. The quantitative estimate of drug-likeness (QED) is 0.805. The fourth-order valence-electron chi connectivity index (χ4n) is 0.962. The largest absolute Gasteiger partial charge is 0.489 e. The second-order valence-corrected chi connectivity index (χ2v) is 4.32. The number of hydrogen-bond donors (Lipinski definition) is 1. The minimum Gasteiger partial charge on any atom is -0.489 e. The van der Waals surface area contributed by atoms with E-state index < -0.39 is 5.60 Å². The zero-order valence-electron chi connectivity index (χ0n) is 8.66. The van der Waals surface area contributed by atoms with Gasteiger partial charge in [0.2, 0.25) is 0 Å². The molecular weight excluding hydrogens is 216 g/mol. The predicted octanol–water partition coefficient (Wildman–Crippen LogP) is 2.30. The van der Waals surface area contributed by atoms with Crippen LogP contribution in [0.25, 0.3) is 0 Å². The summed E-state index contributed by atoms with van der Waals surface area (Å²) in [7, 11) is 0. The van der Waals surface area contributed by atoms with Crippen LogP contribution in [0.4, 0.5) is 0 Å². The van der Waals surface area contributed by atoms with Gasteiger partial charge in [-0.3, -0.25) is 4.79 Å². The Labute approximate surface area is 93.6 Å². The Morgan fingerprint density at radius 2 is 2.20 bits per heavy atom. The van der Waals surface area contributed by atoms with E-state index in [0.717, 1.165) is 0 Å². The van der Waals surface area contributed by atoms with Crippen molar-refractivity contribution in [2.45, 2.75) is 19.4 Å². The van der Waals surface area contributed by atoms with E-state index in [9.17, 15) is 9.90 Å². The van der Waals surface area contributed by atoms with Gasteiger partial charge in [-0.2, -0.15) is 0 Å². The third-order valence-corrected chi connectivity index (χ3v) is 1.97. The average Bonchev–Trinajstić information content (AvgIpc) is 2.14. The van der Waals surface area contributed by atoms with E-state index in [2.05, 4.69) is 0 Å². The normalized spacial score (nSPS) is 11.2. The SMILES string of the molecule is CC(C)(O)COc1ccc(C=O)cc1Cl. The van der Waals surface area contributed by atoms with Crippen molar-refractivity contribution in [1.29, 1.82) is 0 Å². The van der Waals surface area contributed by atoms with E-state index in [1.54, 1.807) is 26.0 Å². The smallest absolute Gasteiger partial charge is 0.150 e. The first kappa shape index (κ1) is 12.0. The molecule has 1 N–H and O–H groups in total. The van der Waals surface area contributed by atoms with Gasteiger partial charge >= 0.3 is 0 Å². The molecule has 0 radical (unpaired) electrons. The average molecular weight is 229 g/mol. The molecule has 0 amide bonds. The highest BCUT2D eigenvalue weighted by molar-refractivity contribution is 6.32. The maximum Gasteiger partial charge on any atom is 0.150 e. The van der Waals surface area contributed by atoms with Gasteiger partial charge in [-0.05, 0) is 32.0 Å². The van der Waals surface area contributed by atoms with Crippen LogP contribution < -0.4 is 4.74 Å². The Morgan fingerprint density at radius 1 is 1.53 bits per heavy atom.